The van der Waals surface area contributed by atoms with Crippen molar-refractivity contribution in [3.8, 4) is 11.4 Å². The number of halogens is 1. The van der Waals surface area contributed by atoms with E-state index >= 15 is 0 Å². The standard InChI is InChI=1S/C15H8ClN3O2S/c16-10-5-3-9(4-6-10)13-17-15-19(18-13)14(20)12(22-15)8-11-2-1-7-21-11/h1-8H. The van der Waals surface area contributed by atoms with E-state index < -0.39 is 0 Å². The van der Waals surface area contributed by atoms with Gasteiger partial charge in [-0.3, -0.25) is 4.79 Å². The SMILES string of the molecule is O=c1c(=Cc2ccco2)sc2nc(-c3ccc(Cl)cc3)nn12. The van der Waals surface area contributed by atoms with Crippen molar-refractivity contribution in [1.82, 2.24) is 14.6 Å². The number of aromatic nitrogens is 3. The zero-order chi connectivity index (χ0) is 15.1. The predicted molar refractivity (Wildman–Crippen MR) is 85.1 cm³/mol. The monoisotopic (exact) mass is 329 g/mol. The first-order chi connectivity index (χ1) is 10.7. The van der Waals surface area contributed by atoms with Crippen LogP contribution in [0.15, 0.2) is 51.9 Å². The second-order valence-electron chi connectivity index (χ2n) is 4.57. The summed E-state index contributed by atoms with van der Waals surface area (Å²) in [6, 6.07) is 10.7. The summed E-state index contributed by atoms with van der Waals surface area (Å²) < 4.78 is 7.06. The fourth-order valence-corrected chi connectivity index (χ4v) is 3.07. The van der Waals surface area contributed by atoms with Gasteiger partial charge < -0.3 is 4.42 Å². The van der Waals surface area contributed by atoms with Crippen molar-refractivity contribution in [2.24, 2.45) is 0 Å². The Balaban J connectivity index is 1.84. The molecule has 1 aromatic carbocycles. The van der Waals surface area contributed by atoms with E-state index in [1.165, 1.54) is 15.9 Å². The topological polar surface area (TPSA) is 60.4 Å². The molecule has 0 fully saturated rings. The summed E-state index contributed by atoms with van der Waals surface area (Å²) in [6.07, 6.45) is 3.25. The van der Waals surface area contributed by atoms with Gasteiger partial charge in [-0.05, 0) is 36.4 Å². The maximum absolute atomic E-state index is 12.3. The molecule has 7 heteroatoms. The highest BCUT2D eigenvalue weighted by atomic mass is 35.5. The molecule has 4 aromatic rings. The van der Waals surface area contributed by atoms with Gasteiger partial charge >= 0.3 is 0 Å². The molecule has 0 atom stereocenters. The summed E-state index contributed by atoms with van der Waals surface area (Å²) in [4.78, 5) is 17.3. The van der Waals surface area contributed by atoms with E-state index in [4.69, 9.17) is 16.0 Å². The van der Waals surface area contributed by atoms with Crippen molar-refractivity contribution in [2.75, 3.05) is 0 Å². The van der Waals surface area contributed by atoms with Crippen molar-refractivity contribution in [2.45, 2.75) is 0 Å². The molecule has 0 radical (unpaired) electrons. The van der Waals surface area contributed by atoms with Gasteiger partial charge in [-0.25, -0.2) is 0 Å². The quantitative estimate of drug-likeness (QED) is 0.567. The third kappa shape index (κ3) is 2.22. The average Bonchev–Trinajstić information content (AvgIpc) is 3.21. The van der Waals surface area contributed by atoms with Crippen LogP contribution in [0.2, 0.25) is 5.02 Å². The smallest absolute Gasteiger partial charge is 0.291 e. The molecule has 0 amide bonds. The molecule has 0 saturated heterocycles. The van der Waals surface area contributed by atoms with Gasteiger partial charge in [-0.1, -0.05) is 22.9 Å². The van der Waals surface area contributed by atoms with E-state index in [9.17, 15) is 4.79 Å². The molecule has 22 heavy (non-hydrogen) atoms. The van der Waals surface area contributed by atoms with Crippen molar-refractivity contribution in [3.63, 3.8) is 0 Å². The Hall–Kier alpha value is -2.44. The maximum Gasteiger partial charge on any atom is 0.291 e. The van der Waals surface area contributed by atoms with E-state index in [0.29, 0.717) is 26.1 Å². The molecule has 0 aliphatic carbocycles. The van der Waals surface area contributed by atoms with Gasteiger partial charge in [0.25, 0.3) is 5.56 Å². The van der Waals surface area contributed by atoms with Crippen LogP contribution in [0.25, 0.3) is 22.4 Å². The fraction of sp³-hybridized carbons (Fsp3) is 0. The van der Waals surface area contributed by atoms with E-state index in [1.54, 1.807) is 36.6 Å². The van der Waals surface area contributed by atoms with Crippen LogP contribution in [-0.4, -0.2) is 14.6 Å². The fourth-order valence-electron chi connectivity index (χ4n) is 2.06. The van der Waals surface area contributed by atoms with Crippen LogP contribution < -0.4 is 10.1 Å². The molecule has 108 valence electrons. The Morgan fingerprint density at radius 2 is 2.05 bits per heavy atom. The van der Waals surface area contributed by atoms with Crippen LogP contribution in [0.5, 0.6) is 0 Å². The summed E-state index contributed by atoms with van der Waals surface area (Å²) in [6.45, 7) is 0. The molecule has 4 rings (SSSR count). The van der Waals surface area contributed by atoms with Gasteiger partial charge in [0.2, 0.25) is 4.96 Å². The number of benzene rings is 1. The normalized spacial score (nSPS) is 12.3. The molecular formula is C15H8ClN3O2S. The van der Waals surface area contributed by atoms with E-state index in [-0.39, 0.29) is 5.56 Å². The maximum atomic E-state index is 12.3. The molecule has 3 aromatic heterocycles. The van der Waals surface area contributed by atoms with Crippen molar-refractivity contribution < 1.29 is 4.42 Å². The number of hydrogen-bond donors (Lipinski definition) is 0. The number of nitrogens with zero attached hydrogens (tertiary/aromatic N) is 3. The zero-order valence-corrected chi connectivity index (χ0v) is 12.6. The molecular weight excluding hydrogens is 322 g/mol. The molecule has 3 heterocycles. The Morgan fingerprint density at radius 3 is 2.73 bits per heavy atom. The summed E-state index contributed by atoms with van der Waals surface area (Å²) in [5, 5.41) is 4.92. The first kappa shape index (κ1) is 13.2. The molecule has 0 N–H and O–H groups in total. The third-order valence-corrected chi connectivity index (χ3v) is 4.31. The minimum atomic E-state index is -0.205. The van der Waals surface area contributed by atoms with Crippen LogP contribution in [0.4, 0.5) is 0 Å². The summed E-state index contributed by atoms with van der Waals surface area (Å²) in [7, 11) is 0. The summed E-state index contributed by atoms with van der Waals surface area (Å²) in [5.74, 6) is 1.13. The van der Waals surface area contributed by atoms with Gasteiger partial charge in [0.1, 0.15) is 10.3 Å². The molecule has 0 aliphatic heterocycles. The van der Waals surface area contributed by atoms with Crippen LogP contribution in [0, 0.1) is 0 Å². The van der Waals surface area contributed by atoms with Crippen molar-refractivity contribution >= 4 is 34.0 Å². The first-order valence-electron chi connectivity index (χ1n) is 6.41. The number of fused-ring (bicyclic) bond motifs is 1. The van der Waals surface area contributed by atoms with Gasteiger partial charge in [0.15, 0.2) is 5.82 Å². The van der Waals surface area contributed by atoms with Gasteiger partial charge in [0, 0.05) is 16.7 Å². The van der Waals surface area contributed by atoms with Gasteiger partial charge in [0.05, 0.1) is 6.26 Å². The van der Waals surface area contributed by atoms with Crippen LogP contribution in [0.3, 0.4) is 0 Å². The lowest BCUT2D eigenvalue weighted by Crippen LogP contribution is -2.23. The second-order valence-corrected chi connectivity index (χ2v) is 6.01. The average molecular weight is 330 g/mol. The highest BCUT2D eigenvalue weighted by Gasteiger charge is 2.12. The summed E-state index contributed by atoms with van der Waals surface area (Å²) in [5.41, 5.74) is 0.611. The molecule has 0 bridgehead atoms. The second kappa shape index (κ2) is 5.08. The molecule has 0 unspecified atom stereocenters. The number of thiazole rings is 1. The van der Waals surface area contributed by atoms with E-state index in [2.05, 4.69) is 10.1 Å². The number of rotatable bonds is 2. The Kier molecular flexibility index (Phi) is 3.06. The third-order valence-electron chi connectivity index (χ3n) is 3.10. The van der Waals surface area contributed by atoms with E-state index in [1.807, 2.05) is 12.1 Å². The van der Waals surface area contributed by atoms with Crippen LogP contribution >= 0.6 is 22.9 Å². The Bertz CT molecular complexity index is 1050. The predicted octanol–water partition coefficient (Wildman–Crippen LogP) is 2.61. The highest BCUT2D eigenvalue weighted by molar-refractivity contribution is 7.15. The highest BCUT2D eigenvalue weighted by Crippen LogP contribution is 2.19. The van der Waals surface area contributed by atoms with Gasteiger partial charge in [-0.2, -0.15) is 9.50 Å². The summed E-state index contributed by atoms with van der Waals surface area (Å²) >= 11 is 7.14. The van der Waals surface area contributed by atoms with Crippen molar-refractivity contribution in [1.29, 1.82) is 0 Å². The minimum absolute atomic E-state index is 0.205. The molecule has 0 saturated carbocycles. The van der Waals surface area contributed by atoms with E-state index in [0.717, 1.165) is 5.56 Å². The molecule has 0 aliphatic rings. The van der Waals surface area contributed by atoms with Crippen LogP contribution in [-0.2, 0) is 0 Å². The lowest BCUT2D eigenvalue weighted by molar-refractivity contribution is 0.556. The zero-order valence-electron chi connectivity index (χ0n) is 11.1. The molecule has 5 nitrogen and oxygen atoms in total. The van der Waals surface area contributed by atoms with Gasteiger partial charge in [-0.15, -0.1) is 5.10 Å². The minimum Gasteiger partial charge on any atom is -0.465 e. The number of hydrogen-bond acceptors (Lipinski definition) is 5. The van der Waals surface area contributed by atoms with Crippen molar-refractivity contribution in [3.05, 3.63) is 68.3 Å². The van der Waals surface area contributed by atoms with Crippen LogP contribution in [0.1, 0.15) is 5.76 Å². The lowest BCUT2D eigenvalue weighted by atomic mass is 10.2. The Labute approximate surface area is 133 Å². The lowest BCUT2D eigenvalue weighted by Gasteiger charge is -1.93. The first-order valence-corrected chi connectivity index (χ1v) is 7.61. The molecule has 0 spiro atoms. The number of furan rings is 1. The largest absolute Gasteiger partial charge is 0.465 e. The Morgan fingerprint density at radius 1 is 1.23 bits per heavy atom.